The van der Waals surface area contributed by atoms with Crippen LogP contribution < -0.4 is 4.90 Å². The topological polar surface area (TPSA) is 18.8 Å². The van der Waals surface area contributed by atoms with Crippen molar-refractivity contribution in [2.24, 2.45) is 4.99 Å². The van der Waals surface area contributed by atoms with E-state index in [0.29, 0.717) is 27.1 Å². The van der Waals surface area contributed by atoms with E-state index in [1.165, 1.54) is 6.07 Å². The Balaban J connectivity index is 2.37. The van der Waals surface area contributed by atoms with Crippen LogP contribution in [0.25, 0.3) is 0 Å². The number of rotatable bonds is 5. The van der Waals surface area contributed by atoms with Crippen LogP contribution in [0.4, 0.5) is 21.5 Å². The Morgan fingerprint density at radius 2 is 1.78 bits per heavy atom. The third-order valence-corrected chi connectivity index (χ3v) is 4.09. The molecule has 0 fully saturated rings. The van der Waals surface area contributed by atoms with Gasteiger partial charge in [0.05, 0.1) is 33.4 Å². The lowest BCUT2D eigenvalue weighted by molar-refractivity contribution is 0.552. The third kappa shape index (κ3) is 4.15. The van der Waals surface area contributed by atoms with E-state index < -0.39 is 0 Å². The molecule has 23 heavy (non-hydrogen) atoms. The average Bonchev–Trinajstić information content (AvgIpc) is 2.54. The van der Waals surface area contributed by atoms with Crippen LogP contribution in [0, 0.1) is 5.82 Å². The molecular formula is C17H18Cl2FN3. The quantitative estimate of drug-likeness (QED) is 0.521. The average molecular weight is 354 g/mol. The first kappa shape index (κ1) is 17.6. The van der Waals surface area contributed by atoms with Gasteiger partial charge in [0.15, 0.2) is 0 Å². The normalized spacial score (nSPS) is 11.0. The number of aliphatic imine (C=N–C) groups is 1. The van der Waals surface area contributed by atoms with Gasteiger partial charge >= 0.3 is 0 Å². The summed E-state index contributed by atoms with van der Waals surface area (Å²) < 4.78 is 13.9. The first-order chi connectivity index (χ1) is 10.9. The number of halogens is 3. The van der Waals surface area contributed by atoms with Gasteiger partial charge in [0.2, 0.25) is 0 Å². The van der Waals surface area contributed by atoms with Crippen LogP contribution in [-0.2, 0) is 0 Å². The Hall–Kier alpha value is -1.78. The van der Waals surface area contributed by atoms with Gasteiger partial charge in [-0.1, -0.05) is 35.3 Å². The predicted octanol–water partition coefficient (Wildman–Crippen LogP) is 5.51. The highest BCUT2D eigenvalue weighted by atomic mass is 35.5. The van der Waals surface area contributed by atoms with Crippen molar-refractivity contribution in [3.05, 3.63) is 52.3 Å². The van der Waals surface area contributed by atoms with Gasteiger partial charge in [-0.15, -0.1) is 0 Å². The van der Waals surface area contributed by atoms with Gasteiger partial charge in [-0.25, -0.2) is 9.38 Å². The third-order valence-electron chi connectivity index (χ3n) is 3.48. The highest BCUT2D eigenvalue weighted by Crippen LogP contribution is 2.38. The van der Waals surface area contributed by atoms with E-state index in [4.69, 9.17) is 23.2 Å². The molecule has 0 saturated carbocycles. The molecule has 0 radical (unpaired) electrons. The smallest absolute Gasteiger partial charge is 0.146 e. The van der Waals surface area contributed by atoms with Crippen LogP contribution in [-0.4, -0.2) is 31.9 Å². The fourth-order valence-electron chi connectivity index (χ4n) is 1.98. The Labute approximate surface area is 146 Å². The van der Waals surface area contributed by atoms with E-state index in [2.05, 4.69) is 4.99 Å². The molecule has 0 saturated heterocycles. The summed E-state index contributed by atoms with van der Waals surface area (Å²) in [5.41, 5.74) is 1.61. The molecule has 0 amide bonds. The molecule has 2 aromatic carbocycles. The molecule has 2 rings (SSSR count). The summed E-state index contributed by atoms with van der Waals surface area (Å²) >= 11 is 12.6. The van der Waals surface area contributed by atoms with E-state index >= 15 is 0 Å². The van der Waals surface area contributed by atoms with Crippen molar-refractivity contribution in [3.63, 3.8) is 0 Å². The second-order valence-electron chi connectivity index (χ2n) is 5.08. The first-order valence-corrected chi connectivity index (χ1v) is 7.91. The summed E-state index contributed by atoms with van der Waals surface area (Å²) in [6, 6.07) is 9.86. The monoisotopic (exact) mass is 353 g/mol. The molecule has 0 N–H and O–H groups in total. The zero-order valence-corrected chi connectivity index (χ0v) is 14.7. The van der Waals surface area contributed by atoms with Crippen LogP contribution >= 0.6 is 23.2 Å². The summed E-state index contributed by atoms with van der Waals surface area (Å²) in [4.78, 5) is 7.90. The lowest BCUT2D eigenvalue weighted by Gasteiger charge is -2.22. The van der Waals surface area contributed by atoms with Gasteiger partial charge in [0.25, 0.3) is 0 Å². The zero-order chi connectivity index (χ0) is 17.0. The maximum atomic E-state index is 13.9. The summed E-state index contributed by atoms with van der Waals surface area (Å²) in [6.07, 6.45) is 1.69. The van der Waals surface area contributed by atoms with Crippen molar-refractivity contribution in [2.75, 3.05) is 25.5 Å². The molecule has 0 aliphatic rings. The summed E-state index contributed by atoms with van der Waals surface area (Å²) in [7, 11) is 3.66. The standard InChI is InChI=1S/C17H18Cl2FN3/c1-4-22(2)11-21-15-9-13(19)17(10-12(15)18)23(3)16-8-6-5-7-14(16)20/h5-11H,4H2,1-3H3/b21-11-. The van der Waals surface area contributed by atoms with Gasteiger partial charge in [0, 0.05) is 20.6 Å². The molecule has 0 atom stereocenters. The van der Waals surface area contributed by atoms with Crippen molar-refractivity contribution < 1.29 is 4.39 Å². The van der Waals surface area contributed by atoms with Crippen LogP contribution in [0.2, 0.25) is 10.0 Å². The van der Waals surface area contributed by atoms with Gasteiger partial charge in [-0.2, -0.15) is 0 Å². The number of hydrogen-bond donors (Lipinski definition) is 0. The second kappa shape index (κ2) is 7.66. The lowest BCUT2D eigenvalue weighted by Crippen LogP contribution is -2.14. The minimum absolute atomic E-state index is 0.325. The maximum absolute atomic E-state index is 13.9. The summed E-state index contributed by atoms with van der Waals surface area (Å²) in [5, 5.41) is 0.903. The molecule has 0 spiro atoms. The Morgan fingerprint density at radius 3 is 2.43 bits per heavy atom. The molecule has 0 aliphatic heterocycles. The Morgan fingerprint density at radius 1 is 1.09 bits per heavy atom. The minimum Gasteiger partial charge on any atom is -0.366 e. The van der Waals surface area contributed by atoms with Crippen LogP contribution in [0.3, 0.4) is 0 Å². The maximum Gasteiger partial charge on any atom is 0.146 e. The minimum atomic E-state index is -0.325. The predicted molar refractivity (Wildman–Crippen MR) is 97.4 cm³/mol. The first-order valence-electron chi connectivity index (χ1n) is 7.15. The van der Waals surface area contributed by atoms with E-state index in [0.717, 1.165) is 6.54 Å². The number of hydrogen-bond acceptors (Lipinski definition) is 2. The van der Waals surface area contributed by atoms with Crippen LogP contribution in [0.1, 0.15) is 6.92 Å². The Kier molecular flexibility index (Phi) is 5.85. The molecule has 122 valence electrons. The lowest BCUT2D eigenvalue weighted by atomic mass is 10.2. The van der Waals surface area contributed by atoms with Crippen molar-refractivity contribution in [1.29, 1.82) is 0 Å². The zero-order valence-electron chi connectivity index (χ0n) is 13.2. The number of para-hydroxylation sites is 1. The Bertz CT molecular complexity index is 719. The molecule has 3 nitrogen and oxygen atoms in total. The molecule has 6 heteroatoms. The van der Waals surface area contributed by atoms with Crippen molar-refractivity contribution in [3.8, 4) is 0 Å². The summed E-state index contributed by atoms with van der Waals surface area (Å²) in [6.45, 7) is 2.86. The van der Waals surface area contributed by atoms with E-state index in [1.807, 2.05) is 18.9 Å². The fraction of sp³-hybridized carbons (Fsp3) is 0.235. The highest BCUT2D eigenvalue weighted by molar-refractivity contribution is 6.37. The molecule has 0 bridgehead atoms. The summed E-state index contributed by atoms with van der Waals surface area (Å²) in [5.74, 6) is -0.325. The van der Waals surface area contributed by atoms with E-state index in [9.17, 15) is 4.39 Å². The van der Waals surface area contributed by atoms with Gasteiger partial charge < -0.3 is 9.80 Å². The largest absolute Gasteiger partial charge is 0.366 e. The number of anilines is 2. The van der Waals surface area contributed by atoms with Crippen LogP contribution in [0.15, 0.2) is 41.4 Å². The fourth-order valence-corrected chi connectivity index (χ4v) is 2.47. The highest BCUT2D eigenvalue weighted by Gasteiger charge is 2.14. The second-order valence-corrected chi connectivity index (χ2v) is 5.90. The van der Waals surface area contributed by atoms with Crippen molar-refractivity contribution >= 4 is 46.6 Å². The molecule has 0 aromatic heterocycles. The van der Waals surface area contributed by atoms with E-state index in [-0.39, 0.29) is 5.82 Å². The molecular weight excluding hydrogens is 336 g/mol. The number of benzene rings is 2. The SMILES string of the molecule is CCN(C)/C=N\c1cc(Cl)c(N(C)c2ccccc2F)cc1Cl. The van der Waals surface area contributed by atoms with E-state index in [1.54, 1.807) is 48.6 Å². The molecule has 0 heterocycles. The molecule has 0 aliphatic carbocycles. The van der Waals surface area contributed by atoms with Crippen LogP contribution in [0.5, 0.6) is 0 Å². The van der Waals surface area contributed by atoms with Crippen molar-refractivity contribution in [1.82, 2.24) is 4.90 Å². The van der Waals surface area contributed by atoms with Gasteiger partial charge in [-0.05, 0) is 31.2 Å². The number of nitrogens with zero attached hydrogens (tertiary/aromatic N) is 3. The molecule has 2 aromatic rings. The van der Waals surface area contributed by atoms with Gasteiger partial charge in [0.1, 0.15) is 5.82 Å². The van der Waals surface area contributed by atoms with Crippen molar-refractivity contribution in [2.45, 2.75) is 6.92 Å². The molecule has 0 unspecified atom stereocenters. The van der Waals surface area contributed by atoms with Gasteiger partial charge in [-0.3, -0.25) is 0 Å².